The Morgan fingerprint density at radius 3 is 3.08 bits per heavy atom. The van der Waals surface area contributed by atoms with E-state index in [1.807, 2.05) is 0 Å². The Hall–Kier alpha value is 0.490. The lowest BCUT2D eigenvalue weighted by Crippen LogP contribution is -2.04. The summed E-state index contributed by atoms with van der Waals surface area (Å²) in [5, 5.41) is 0. The Kier molecular flexibility index (Phi) is 5.30. The van der Waals surface area contributed by atoms with Crippen LogP contribution in [-0.4, -0.2) is 16.0 Å². The molecule has 68 valence electrons. The van der Waals surface area contributed by atoms with E-state index in [0.29, 0.717) is 5.78 Å². The van der Waals surface area contributed by atoms with Gasteiger partial charge >= 0.3 is 0 Å². The van der Waals surface area contributed by atoms with Crippen molar-refractivity contribution in [2.24, 2.45) is 0 Å². The number of hydrogen-bond donors (Lipinski definition) is 0. The van der Waals surface area contributed by atoms with Gasteiger partial charge in [-0.1, -0.05) is 28.7 Å². The van der Waals surface area contributed by atoms with E-state index in [1.165, 1.54) is 10.8 Å². The normalized spacial score (nSPS) is 17.8. The number of rotatable bonds is 4. The monoisotopic (exact) mass is 296 g/mol. The zero-order valence-electron chi connectivity index (χ0n) is 7.01. The molecule has 1 rings (SSSR count). The topological polar surface area (TPSA) is 17.1 Å². The summed E-state index contributed by atoms with van der Waals surface area (Å²) in [5.74, 6) is 1.46. The first-order chi connectivity index (χ1) is 5.84. The second-order valence-electron chi connectivity index (χ2n) is 2.77. The van der Waals surface area contributed by atoms with E-state index >= 15 is 0 Å². The molecule has 1 aliphatic carbocycles. The molecule has 0 aromatic rings. The molecule has 0 unspecified atom stereocenters. The number of carbonyl (C=O) groups excluding carboxylic acids is 1. The third kappa shape index (κ3) is 3.47. The first kappa shape index (κ1) is 10.6. The highest BCUT2D eigenvalue weighted by molar-refractivity contribution is 14.1. The van der Waals surface area contributed by atoms with Gasteiger partial charge in [0.1, 0.15) is 0 Å². The number of alkyl halides is 1. The third-order valence-corrected chi connectivity index (χ3v) is 3.71. The van der Waals surface area contributed by atoms with Crippen molar-refractivity contribution in [3.8, 4) is 0 Å². The molecule has 0 saturated carbocycles. The highest BCUT2D eigenvalue weighted by atomic mass is 127. The fourth-order valence-corrected chi connectivity index (χ4v) is 3.02. The summed E-state index contributed by atoms with van der Waals surface area (Å²) in [4.78, 5) is 12.3. The van der Waals surface area contributed by atoms with Gasteiger partial charge in [-0.05, 0) is 25.0 Å². The smallest absolute Gasteiger partial charge is 0.168 e. The maximum Gasteiger partial charge on any atom is 0.168 e. The molecule has 1 aliphatic rings. The van der Waals surface area contributed by atoms with Crippen LogP contribution in [0, 0.1) is 0 Å². The van der Waals surface area contributed by atoms with Gasteiger partial charge in [0, 0.05) is 15.8 Å². The van der Waals surface area contributed by atoms with Crippen LogP contribution in [-0.2, 0) is 4.79 Å². The maximum absolute atomic E-state index is 11.3. The van der Waals surface area contributed by atoms with Crippen LogP contribution in [0.25, 0.3) is 0 Å². The minimum atomic E-state index is 0.361. The molecule has 0 N–H and O–H groups in total. The Morgan fingerprint density at radius 1 is 1.58 bits per heavy atom. The fourth-order valence-electron chi connectivity index (χ4n) is 1.11. The van der Waals surface area contributed by atoms with Gasteiger partial charge in [-0.15, -0.1) is 11.8 Å². The average molecular weight is 296 g/mol. The van der Waals surface area contributed by atoms with Crippen LogP contribution in [0.3, 0.4) is 0 Å². The Morgan fingerprint density at radius 2 is 2.42 bits per heavy atom. The van der Waals surface area contributed by atoms with Gasteiger partial charge in [-0.3, -0.25) is 4.79 Å². The molecule has 0 heterocycles. The van der Waals surface area contributed by atoms with Crippen molar-refractivity contribution in [1.29, 1.82) is 0 Å². The van der Waals surface area contributed by atoms with E-state index in [2.05, 4.69) is 28.7 Å². The SMILES string of the molecule is O=C1CCCC=C1SCCCI. The Balaban J connectivity index is 2.29. The van der Waals surface area contributed by atoms with Crippen LogP contribution < -0.4 is 0 Å². The Bertz CT molecular complexity index is 189. The van der Waals surface area contributed by atoms with Crippen LogP contribution in [0.5, 0.6) is 0 Å². The number of ketones is 1. The summed E-state index contributed by atoms with van der Waals surface area (Å²) in [6, 6.07) is 0. The standard InChI is InChI=1S/C9H13IOS/c10-6-3-7-12-9-5-2-1-4-8(9)11/h5H,1-4,6-7H2. The van der Waals surface area contributed by atoms with Crippen LogP contribution >= 0.6 is 34.4 Å². The van der Waals surface area contributed by atoms with E-state index in [0.717, 1.165) is 29.9 Å². The molecule has 0 spiro atoms. The predicted octanol–water partition coefficient (Wildman–Crippen LogP) is 3.18. The van der Waals surface area contributed by atoms with Crippen molar-refractivity contribution < 1.29 is 4.79 Å². The highest BCUT2D eigenvalue weighted by Crippen LogP contribution is 2.25. The van der Waals surface area contributed by atoms with Crippen molar-refractivity contribution >= 4 is 40.1 Å². The second kappa shape index (κ2) is 6.02. The summed E-state index contributed by atoms with van der Waals surface area (Å²) < 4.78 is 1.19. The van der Waals surface area contributed by atoms with Gasteiger partial charge in [0.15, 0.2) is 5.78 Å². The summed E-state index contributed by atoms with van der Waals surface area (Å²) in [7, 11) is 0. The van der Waals surface area contributed by atoms with Crippen LogP contribution in [0.4, 0.5) is 0 Å². The summed E-state index contributed by atoms with van der Waals surface area (Å²) >= 11 is 4.11. The van der Waals surface area contributed by atoms with E-state index in [4.69, 9.17) is 0 Å². The number of carbonyl (C=O) groups is 1. The molecule has 0 aromatic heterocycles. The summed E-state index contributed by atoms with van der Waals surface area (Å²) in [6.07, 6.45) is 6.22. The molecule has 0 fully saturated rings. The van der Waals surface area contributed by atoms with Crippen LogP contribution in [0.1, 0.15) is 25.7 Å². The van der Waals surface area contributed by atoms with E-state index < -0.39 is 0 Å². The van der Waals surface area contributed by atoms with Gasteiger partial charge in [0.2, 0.25) is 0 Å². The van der Waals surface area contributed by atoms with Gasteiger partial charge in [0.05, 0.1) is 0 Å². The molecule has 1 nitrogen and oxygen atoms in total. The van der Waals surface area contributed by atoms with Gasteiger partial charge in [0.25, 0.3) is 0 Å². The molecule has 0 atom stereocenters. The van der Waals surface area contributed by atoms with Gasteiger partial charge in [-0.25, -0.2) is 0 Å². The van der Waals surface area contributed by atoms with E-state index in [9.17, 15) is 4.79 Å². The first-order valence-corrected chi connectivity index (χ1v) is 6.78. The van der Waals surface area contributed by atoms with E-state index in [-0.39, 0.29) is 0 Å². The number of Topliss-reactive ketones (excluding diaryl/α,β-unsaturated/α-hetero) is 1. The predicted molar refractivity (Wildman–Crippen MR) is 62.9 cm³/mol. The van der Waals surface area contributed by atoms with Gasteiger partial charge < -0.3 is 0 Å². The zero-order valence-corrected chi connectivity index (χ0v) is 9.99. The number of allylic oxidation sites excluding steroid dienone is 2. The molecule has 0 saturated heterocycles. The largest absolute Gasteiger partial charge is 0.294 e. The third-order valence-electron chi connectivity index (χ3n) is 1.75. The Labute approximate surface area is 91.5 Å². The lowest BCUT2D eigenvalue weighted by Gasteiger charge is -2.09. The number of thioether (sulfide) groups is 1. The number of hydrogen-bond acceptors (Lipinski definition) is 2. The molecule has 0 aromatic carbocycles. The van der Waals surface area contributed by atoms with Crippen molar-refractivity contribution in [2.75, 3.05) is 10.2 Å². The highest BCUT2D eigenvalue weighted by Gasteiger charge is 2.12. The maximum atomic E-state index is 11.3. The average Bonchev–Trinajstić information content (AvgIpc) is 2.09. The lowest BCUT2D eigenvalue weighted by molar-refractivity contribution is -0.115. The molecule has 3 heteroatoms. The van der Waals surface area contributed by atoms with Gasteiger partial charge in [-0.2, -0.15) is 0 Å². The fraction of sp³-hybridized carbons (Fsp3) is 0.667. The molecule has 0 amide bonds. The van der Waals surface area contributed by atoms with Crippen molar-refractivity contribution in [3.05, 3.63) is 11.0 Å². The summed E-state index contributed by atoms with van der Waals surface area (Å²) in [6.45, 7) is 0. The molecule has 0 bridgehead atoms. The minimum absolute atomic E-state index is 0.361. The molecule has 0 aliphatic heterocycles. The molecule has 0 radical (unpaired) electrons. The summed E-state index contributed by atoms with van der Waals surface area (Å²) in [5.41, 5.74) is 0. The second-order valence-corrected chi connectivity index (χ2v) is 4.99. The molecular formula is C9H13IOS. The quantitative estimate of drug-likeness (QED) is 0.450. The van der Waals surface area contributed by atoms with Crippen molar-refractivity contribution in [1.82, 2.24) is 0 Å². The first-order valence-electron chi connectivity index (χ1n) is 4.26. The van der Waals surface area contributed by atoms with Crippen LogP contribution in [0.15, 0.2) is 11.0 Å². The van der Waals surface area contributed by atoms with Crippen LogP contribution in [0.2, 0.25) is 0 Å². The lowest BCUT2D eigenvalue weighted by atomic mass is 10.1. The zero-order chi connectivity index (χ0) is 8.81. The van der Waals surface area contributed by atoms with E-state index in [1.54, 1.807) is 11.8 Å². The number of halogens is 1. The van der Waals surface area contributed by atoms with Crippen molar-refractivity contribution in [3.63, 3.8) is 0 Å². The molecular weight excluding hydrogens is 283 g/mol. The molecule has 12 heavy (non-hydrogen) atoms. The minimum Gasteiger partial charge on any atom is -0.294 e. The van der Waals surface area contributed by atoms with Crippen molar-refractivity contribution in [2.45, 2.75) is 25.7 Å².